The van der Waals surface area contributed by atoms with Crippen molar-refractivity contribution in [2.45, 2.75) is 31.7 Å². The number of methoxy groups -OCH3 is 1. The Morgan fingerprint density at radius 2 is 1.89 bits per heavy atom. The molecule has 0 spiro atoms. The SMILES string of the molecule is COc1ccccc1Nc1cc(-c2cccnc2)nc(NC2CCCC2)n1. The second-order valence-corrected chi connectivity index (χ2v) is 6.65. The predicted octanol–water partition coefficient (Wildman–Crippen LogP) is 4.65. The number of rotatable bonds is 6. The van der Waals surface area contributed by atoms with Crippen molar-refractivity contribution in [3.05, 3.63) is 54.9 Å². The second kappa shape index (κ2) is 8.03. The summed E-state index contributed by atoms with van der Waals surface area (Å²) in [6.07, 6.45) is 8.41. The molecule has 0 atom stereocenters. The first-order valence-electron chi connectivity index (χ1n) is 9.28. The summed E-state index contributed by atoms with van der Waals surface area (Å²) in [5, 5.41) is 6.85. The molecule has 2 N–H and O–H groups in total. The number of nitrogens with one attached hydrogen (secondary N) is 2. The molecule has 1 fully saturated rings. The van der Waals surface area contributed by atoms with E-state index in [1.807, 2.05) is 48.7 Å². The van der Waals surface area contributed by atoms with Crippen molar-refractivity contribution < 1.29 is 4.74 Å². The average Bonchev–Trinajstić information content (AvgIpc) is 3.22. The van der Waals surface area contributed by atoms with E-state index in [-0.39, 0.29) is 0 Å². The highest BCUT2D eigenvalue weighted by molar-refractivity contribution is 5.69. The fourth-order valence-electron chi connectivity index (χ4n) is 3.38. The Morgan fingerprint density at radius 1 is 1.04 bits per heavy atom. The van der Waals surface area contributed by atoms with Gasteiger partial charge in [0.2, 0.25) is 5.95 Å². The molecule has 6 nitrogen and oxygen atoms in total. The molecular weight excluding hydrogens is 338 g/mol. The van der Waals surface area contributed by atoms with Gasteiger partial charge in [0.1, 0.15) is 11.6 Å². The van der Waals surface area contributed by atoms with Gasteiger partial charge in [-0.15, -0.1) is 0 Å². The molecule has 0 saturated heterocycles. The van der Waals surface area contributed by atoms with Crippen LogP contribution in [-0.4, -0.2) is 28.1 Å². The Kier molecular flexibility index (Phi) is 5.14. The first-order chi connectivity index (χ1) is 13.3. The summed E-state index contributed by atoms with van der Waals surface area (Å²) in [5.74, 6) is 2.12. The summed E-state index contributed by atoms with van der Waals surface area (Å²) in [4.78, 5) is 13.6. The van der Waals surface area contributed by atoms with Gasteiger partial charge in [-0.25, -0.2) is 4.98 Å². The molecule has 6 heteroatoms. The van der Waals surface area contributed by atoms with E-state index in [1.165, 1.54) is 12.8 Å². The Hall–Kier alpha value is -3.15. The number of anilines is 3. The minimum absolute atomic E-state index is 0.438. The first kappa shape index (κ1) is 17.3. The van der Waals surface area contributed by atoms with Crippen LogP contribution in [0.5, 0.6) is 5.75 Å². The van der Waals surface area contributed by atoms with E-state index in [0.717, 1.165) is 35.5 Å². The average molecular weight is 361 g/mol. The molecule has 3 aromatic rings. The van der Waals surface area contributed by atoms with Crippen LogP contribution in [0.1, 0.15) is 25.7 Å². The quantitative estimate of drug-likeness (QED) is 0.666. The second-order valence-electron chi connectivity index (χ2n) is 6.65. The Labute approximate surface area is 159 Å². The molecule has 0 aliphatic heterocycles. The van der Waals surface area contributed by atoms with Crippen molar-refractivity contribution >= 4 is 17.5 Å². The van der Waals surface area contributed by atoms with E-state index in [9.17, 15) is 0 Å². The monoisotopic (exact) mass is 361 g/mol. The van der Waals surface area contributed by atoms with Crippen LogP contribution < -0.4 is 15.4 Å². The lowest BCUT2D eigenvalue weighted by Gasteiger charge is -2.15. The van der Waals surface area contributed by atoms with Crippen LogP contribution in [0.3, 0.4) is 0 Å². The fraction of sp³-hybridized carbons (Fsp3) is 0.286. The predicted molar refractivity (Wildman–Crippen MR) is 107 cm³/mol. The summed E-state index contributed by atoms with van der Waals surface area (Å²) < 4.78 is 5.44. The van der Waals surface area contributed by atoms with Crippen LogP contribution in [0.25, 0.3) is 11.3 Å². The molecule has 0 unspecified atom stereocenters. The molecule has 27 heavy (non-hydrogen) atoms. The molecule has 0 radical (unpaired) electrons. The van der Waals surface area contributed by atoms with Gasteiger partial charge in [-0.3, -0.25) is 4.98 Å². The molecular formula is C21H23N5O. The Balaban J connectivity index is 1.68. The van der Waals surface area contributed by atoms with Gasteiger partial charge in [-0.2, -0.15) is 4.98 Å². The molecule has 0 bridgehead atoms. The lowest BCUT2D eigenvalue weighted by atomic mass is 10.2. The molecule has 138 valence electrons. The lowest BCUT2D eigenvalue weighted by molar-refractivity contribution is 0.417. The normalized spacial score (nSPS) is 14.1. The third kappa shape index (κ3) is 4.16. The summed E-state index contributed by atoms with van der Waals surface area (Å²) in [7, 11) is 1.66. The largest absolute Gasteiger partial charge is 0.495 e. The minimum atomic E-state index is 0.438. The van der Waals surface area contributed by atoms with Crippen LogP contribution in [-0.2, 0) is 0 Å². The maximum atomic E-state index is 5.44. The van der Waals surface area contributed by atoms with Crippen LogP contribution in [0.4, 0.5) is 17.5 Å². The molecule has 0 amide bonds. The maximum Gasteiger partial charge on any atom is 0.225 e. The summed E-state index contributed by atoms with van der Waals surface area (Å²) >= 11 is 0. The number of hydrogen-bond acceptors (Lipinski definition) is 6. The molecule has 2 heterocycles. The van der Waals surface area contributed by atoms with Crippen LogP contribution >= 0.6 is 0 Å². The first-order valence-corrected chi connectivity index (χ1v) is 9.28. The zero-order valence-electron chi connectivity index (χ0n) is 15.4. The third-order valence-corrected chi connectivity index (χ3v) is 4.74. The van der Waals surface area contributed by atoms with Gasteiger partial charge >= 0.3 is 0 Å². The highest BCUT2D eigenvalue weighted by Crippen LogP contribution is 2.29. The molecule has 4 rings (SSSR count). The van der Waals surface area contributed by atoms with Gasteiger partial charge in [0.25, 0.3) is 0 Å². The van der Waals surface area contributed by atoms with Crippen LogP contribution in [0.2, 0.25) is 0 Å². The van der Waals surface area contributed by atoms with Crippen molar-refractivity contribution in [1.29, 1.82) is 0 Å². The van der Waals surface area contributed by atoms with Gasteiger partial charge < -0.3 is 15.4 Å². The molecule has 1 aromatic carbocycles. The lowest BCUT2D eigenvalue weighted by Crippen LogP contribution is -2.17. The zero-order chi connectivity index (χ0) is 18.5. The van der Waals surface area contributed by atoms with Crippen LogP contribution in [0, 0.1) is 0 Å². The fourth-order valence-corrected chi connectivity index (χ4v) is 3.38. The molecule has 2 aromatic heterocycles. The van der Waals surface area contributed by atoms with E-state index in [1.54, 1.807) is 13.3 Å². The number of hydrogen-bond donors (Lipinski definition) is 2. The standard InChI is InChI=1S/C21H23N5O/c1-27-19-11-5-4-10-17(19)24-20-13-18(15-7-6-12-22-14-15)25-21(26-20)23-16-8-2-3-9-16/h4-7,10-14,16H,2-3,8-9H2,1H3,(H2,23,24,25,26). The number of benzene rings is 1. The summed E-state index contributed by atoms with van der Waals surface area (Å²) in [5.41, 5.74) is 2.65. The highest BCUT2D eigenvalue weighted by Gasteiger charge is 2.17. The van der Waals surface area contributed by atoms with E-state index in [4.69, 9.17) is 9.72 Å². The van der Waals surface area contributed by atoms with E-state index in [2.05, 4.69) is 20.6 Å². The number of para-hydroxylation sites is 2. The molecule has 1 aliphatic carbocycles. The van der Waals surface area contributed by atoms with Gasteiger partial charge in [-0.05, 0) is 37.1 Å². The van der Waals surface area contributed by atoms with Crippen molar-refractivity contribution in [1.82, 2.24) is 15.0 Å². The van der Waals surface area contributed by atoms with Crippen molar-refractivity contribution in [3.8, 4) is 17.0 Å². The van der Waals surface area contributed by atoms with Crippen LogP contribution in [0.15, 0.2) is 54.9 Å². The minimum Gasteiger partial charge on any atom is -0.495 e. The summed E-state index contributed by atoms with van der Waals surface area (Å²) in [6.45, 7) is 0. The highest BCUT2D eigenvalue weighted by atomic mass is 16.5. The smallest absolute Gasteiger partial charge is 0.225 e. The van der Waals surface area contributed by atoms with E-state index in [0.29, 0.717) is 17.8 Å². The van der Waals surface area contributed by atoms with Crippen molar-refractivity contribution in [3.63, 3.8) is 0 Å². The molecule has 1 saturated carbocycles. The van der Waals surface area contributed by atoms with E-state index >= 15 is 0 Å². The Bertz CT molecular complexity index is 894. The van der Waals surface area contributed by atoms with Gasteiger partial charge in [-0.1, -0.05) is 25.0 Å². The number of ether oxygens (including phenoxy) is 1. The van der Waals surface area contributed by atoms with E-state index < -0.39 is 0 Å². The summed E-state index contributed by atoms with van der Waals surface area (Å²) in [6, 6.07) is 14.1. The van der Waals surface area contributed by atoms with Gasteiger partial charge in [0.15, 0.2) is 0 Å². The van der Waals surface area contributed by atoms with Gasteiger partial charge in [0.05, 0.1) is 18.5 Å². The van der Waals surface area contributed by atoms with Crippen molar-refractivity contribution in [2.24, 2.45) is 0 Å². The number of aromatic nitrogens is 3. The maximum absolute atomic E-state index is 5.44. The number of pyridine rings is 1. The zero-order valence-corrected chi connectivity index (χ0v) is 15.4. The third-order valence-electron chi connectivity index (χ3n) is 4.74. The van der Waals surface area contributed by atoms with Gasteiger partial charge in [0, 0.05) is 30.1 Å². The van der Waals surface area contributed by atoms with Crippen molar-refractivity contribution in [2.75, 3.05) is 17.7 Å². The molecule has 1 aliphatic rings. The number of nitrogens with zero attached hydrogens (tertiary/aromatic N) is 3. The Morgan fingerprint density at radius 3 is 2.67 bits per heavy atom. The topological polar surface area (TPSA) is 72.0 Å².